The van der Waals surface area contributed by atoms with E-state index in [0.29, 0.717) is 25.7 Å². The van der Waals surface area contributed by atoms with Gasteiger partial charge in [-0.15, -0.1) is 0 Å². The van der Waals surface area contributed by atoms with Crippen LogP contribution < -0.4 is 0 Å². The molecule has 0 aliphatic rings. The molecule has 0 aliphatic carbocycles. The van der Waals surface area contributed by atoms with Crippen LogP contribution >= 0.6 is 15.6 Å². The Balaban J connectivity index is 5.40. The summed E-state index contributed by atoms with van der Waals surface area (Å²) >= 11 is 0. The molecule has 0 bridgehead atoms. The highest BCUT2D eigenvalue weighted by atomic mass is 31.2. The maximum Gasteiger partial charge on any atom is 0.472 e. The molecule has 19 heteroatoms. The Bertz CT molecular complexity index is 2120. The fourth-order valence-electron chi connectivity index (χ4n) is 10.4. The number of hydrogen-bond donors (Lipinski definition) is 3. The smallest absolute Gasteiger partial charge is 0.462 e. The van der Waals surface area contributed by atoms with Gasteiger partial charge in [0.05, 0.1) is 26.4 Å². The molecule has 0 amide bonds. The Labute approximate surface area is 607 Å². The predicted octanol–water partition coefficient (Wildman–Crippen LogP) is 22.8. The highest BCUT2D eigenvalue weighted by molar-refractivity contribution is 7.47. The second kappa shape index (κ2) is 73.3. The fraction of sp³-hybridized carbons (Fsp3) is 0.753. The van der Waals surface area contributed by atoms with E-state index in [1.807, 2.05) is 0 Å². The van der Waals surface area contributed by atoms with Gasteiger partial charge in [-0.25, -0.2) is 9.13 Å². The lowest BCUT2D eigenvalue weighted by molar-refractivity contribution is -0.161. The molecule has 0 spiro atoms. The average molecular weight is 1450 g/mol. The molecular formula is C81H142O17P2. The van der Waals surface area contributed by atoms with Gasteiger partial charge < -0.3 is 33.8 Å². The summed E-state index contributed by atoms with van der Waals surface area (Å²) in [4.78, 5) is 72.9. The Morgan fingerprint density at radius 1 is 0.290 bits per heavy atom. The number of aliphatic hydroxyl groups excluding tert-OH is 1. The molecule has 0 aliphatic heterocycles. The molecule has 0 fully saturated rings. The van der Waals surface area contributed by atoms with Crippen molar-refractivity contribution >= 4 is 39.5 Å². The van der Waals surface area contributed by atoms with Crippen molar-refractivity contribution in [3.63, 3.8) is 0 Å². The van der Waals surface area contributed by atoms with Gasteiger partial charge >= 0.3 is 39.5 Å². The summed E-state index contributed by atoms with van der Waals surface area (Å²) in [7, 11) is -9.97. The molecule has 0 heterocycles. The van der Waals surface area contributed by atoms with Crippen LogP contribution in [0.2, 0.25) is 0 Å². The lowest BCUT2D eigenvalue weighted by atomic mass is 10.1. The number of phosphoric ester groups is 2. The van der Waals surface area contributed by atoms with Crippen molar-refractivity contribution in [3.8, 4) is 0 Å². The number of ether oxygens (including phenoxy) is 4. The normalized spacial score (nSPS) is 14.4. The van der Waals surface area contributed by atoms with Gasteiger partial charge in [0.2, 0.25) is 0 Å². The summed E-state index contributed by atoms with van der Waals surface area (Å²) in [6.45, 7) is 4.74. The van der Waals surface area contributed by atoms with E-state index in [1.165, 1.54) is 89.9 Å². The van der Waals surface area contributed by atoms with Gasteiger partial charge in [0.1, 0.15) is 19.3 Å². The van der Waals surface area contributed by atoms with E-state index in [0.717, 1.165) is 167 Å². The zero-order valence-electron chi connectivity index (χ0n) is 63.1. The standard InChI is InChI=1S/C81H142O17P2/c1-5-9-13-17-21-25-29-33-37-41-45-49-53-57-61-65-78(83)91-71-76(97-80(85)67-63-59-55-51-47-43-39-35-31-27-23-19-15-11-7-3)73-95-99(87,88)93-69-75(82)70-94-100(89,90)96-74-77(98-81(86)68-64-60-56-52-48-44-40-36-32-28-24-20-16-12-8-4)72-92-79(84)66-62-58-54-50-46-42-38-34-30-26-22-18-14-10-6-2/h23-30,33-40,75-77,82H,5-22,31-32,41-74H2,1-4H3,(H,87,88)(H,89,90)/b27-23-,28-24-,29-25-,30-26-,37-33-,38-34-,39-35-,40-36-/t76-,77-/m1/s1. The first-order chi connectivity index (χ1) is 48.7. The van der Waals surface area contributed by atoms with Crippen molar-refractivity contribution in [1.29, 1.82) is 0 Å². The van der Waals surface area contributed by atoms with Crippen LogP contribution in [-0.2, 0) is 65.4 Å². The van der Waals surface area contributed by atoms with Gasteiger partial charge in [0, 0.05) is 25.7 Å². The highest BCUT2D eigenvalue weighted by Gasteiger charge is 2.30. The second-order valence-corrected chi connectivity index (χ2v) is 29.3. The summed E-state index contributed by atoms with van der Waals surface area (Å²) in [5, 5.41) is 10.6. The van der Waals surface area contributed by atoms with Crippen LogP contribution in [0.3, 0.4) is 0 Å². The van der Waals surface area contributed by atoms with E-state index in [2.05, 4.69) is 125 Å². The maximum absolute atomic E-state index is 13.1. The minimum Gasteiger partial charge on any atom is -0.462 e. The largest absolute Gasteiger partial charge is 0.472 e. The van der Waals surface area contributed by atoms with Gasteiger partial charge in [-0.1, -0.05) is 266 Å². The molecule has 0 aromatic heterocycles. The van der Waals surface area contributed by atoms with E-state index in [1.54, 1.807) is 0 Å². The fourth-order valence-corrected chi connectivity index (χ4v) is 12.0. The van der Waals surface area contributed by atoms with Crippen LogP contribution in [0.15, 0.2) is 97.2 Å². The molecular weight excluding hydrogens is 1310 g/mol. The first-order valence-electron chi connectivity index (χ1n) is 39.5. The molecule has 100 heavy (non-hydrogen) atoms. The van der Waals surface area contributed by atoms with E-state index >= 15 is 0 Å². The summed E-state index contributed by atoms with van der Waals surface area (Å²) in [6, 6.07) is 0. The molecule has 0 rings (SSSR count). The van der Waals surface area contributed by atoms with Crippen LogP contribution in [0.1, 0.15) is 336 Å². The first-order valence-corrected chi connectivity index (χ1v) is 42.5. The summed E-state index contributed by atoms with van der Waals surface area (Å²) < 4.78 is 68.5. The quantitative estimate of drug-likeness (QED) is 0.0128. The van der Waals surface area contributed by atoms with Crippen molar-refractivity contribution in [3.05, 3.63) is 97.2 Å². The Hall–Kier alpha value is -4.02. The third kappa shape index (κ3) is 72.3. The number of carbonyl (C=O) groups is 4. The molecule has 0 saturated carbocycles. The molecule has 17 nitrogen and oxygen atoms in total. The lowest BCUT2D eigenvalue weighted by Crippen LogP contribution is -2.30. The summed E-state index contributed by atoms with van der Waals surface area (Å²) in [6.07, 6.45) is 76.6. The number of hydrogen-bond acceptors (Lipinski definition) is 15. The number of rotatable bonds is 74. The Morgan fingerprint density at radius 2 is 0.520 bits per heavy atom. The van der Waals surface area contributed by atoms with Crippen LogP contribution in [0.25, 0.3) is 0 Å². The van der Waals surface area contributed by atoms with E-state index in [-0.39, 0.29) is 25.7 Å². The van der Waals surface area contributed by atoms with Gasteiger partial charge in [-0.05, 0) is 141 Å². The van der Waals surface area contributed by atoms with Crippen molar-refractivity contribution in [2.75, 3.05) is 39.6 Å². The van der Waals surface area contributed by atoms with Crippen molar-refractivity contribution < 1.29 is 80.2 Å². The van der Waals surface area contributed by atoms with Crippen LogP contribution in [0.5, 0.6) is 0 Å². The third-order valence-corrected chi connectivity index (χ3v) is 18.4. The molecule has 0 aromatic carbocycles. The molecule has 578 valence electrons. The SMILES string of the molecule is CCCCC/C=C\C/C=C\CCCCCCCC(=O)O[C@H](COC(=O)CCCCCCC/C=C\C=C/CCCCCC)COP(=O)(O)OCC(O)COP(=O)(O)OC[C@@H](COC(=O)CCCCCCC/C=C\C=C/CCCCCC)OC(=O)CCCCCCC/C=C\C/C=C\CCCCC. The number of aliphatic hydroxyl groups is 1. The lowest BCUT2D eigenvalue weighted by Gasteiger charge is -2.21. The number of carbonyl (C=O) groups excluding carboxylic acids is 4. The van der Waals surface area contributed by atoms with Gasteiger partial charge in [-0.3, -0.25) is 37.3 Å². The number of allylic oxidation sites excluding steroid dienone is 16. The van der Waals surface area contributed by atoms with Crippen molar-refractivity contribution in [2.45, 2.75) is 354 Å². The van der Waals surface area contributed by atoms with Gasteiger partial charge in [0.15, 0.2) is 12.2 Å². The zero-order chi connectivity index (χ0) is 73.2. The second-order valence-electron chi connectivity index (χ2n) is 26.3. The van der Waals surface area contributed by atoms with Crippen molar-refractivity contribution in [1.82, 2.24) is 0 Å². The minimum atomic E-state index is -4.98. The number of phosphoric acid groups is 2. The van der Waals surface area contributed by atoms with Crippen LogP contribution in [-0.4, -0.2) is 96.7 Å². The van der Waals surface area contributed by atoms with E-state index < -0.39 is 97.5 Å². The van der Waals surface area contributed by atoms with Crippen LogP contribution in [0.4, 0.5) is 0 Å². The monoisotopic (exact) mass is 1450 g/mol. The van der Waals surface area contributed by atoms with Crippen molar-refractivity contribution in [2.24, 2.45) is 0 Å². The molecule has 0 aromatic rings. The molecule has 0 saturated heterocycles. The van der Waals surface area contributed by atoms with Gasteiger partial charge in [-0.2, -0.15) is 0 Å². The maximum atomic E-state index is 13.1. The average Bonchev–Trinajstić information content (AvgIpc) is 1.25. The number of unbranched alkanes of at least 4 members (excludes halogenated alkanes) is 34. The van der Waals surface area contributed by atoms with E-state index in [4.69, 9.17) is 37.0 Å². The molecule has 4 atom stereocenters. The Morgan fingerprint density at radius 3 is 0.820 bits per heavy atom. The topological polar surface area (TPSA) is 237 Å². The predicted molar refractivity (Wildman–Crippen MR) is 409 cm³/mol. The van der Waals surface area contributed by atoms with Crippen LogP contribution in [0, 0.1) is 0 Å². The summed E-state index contributed by atoms with van der Waals surface area (Å²) in [5.74, 6) is -2.23. The summed E-state index contributed by atoms with van der Waals surface area (Å²) in [5.41, 5.74) is 0. The Kier molecular flexibility index (Phi) is 70.4. The van der Waals surface area contributed by atoms with Gasteiger partial charge in [0.25, 0.3) is 0 Å². The zero-order valence-corrected chi connectivity index (χ0v) is 64.9. The molecule has 3 N–H and O–H groups in total. The highest BCUT2D eigenvalue weighted by Crippen LogP contribution is 2.45. The minimum absolute atomic E-state index is 0.0752. The number of esters is 4. The molecule has 2 unspecified atom stereocenters. The third-order valence-electron chi connectivity index (χ3n) is 16.5. The molecule has 0 radical (unpaired) electrons. The van der Waals surface area contributed by atoms with E-state index in [9.17, 15) is 43.2 Å². The first kappa shape index (κ1) is 96.0.